The lowest BCUT2D eigenvalue weighted by molar-refractivity contribution is -0.0440. The van der Waals surface area contributed by atoms with E-state index in [1.807, 2.05) is 37.4 Å². The van der Waals surface area contributed by atoms with Crippen LogP contribution in [0.2, 0.25) is 0 Å². The van der Waals surface area contributed by atoms with Crippen LogP contribution in [-0.2, 0) is 14.8 Å². The molecule has 35 heavy (non-hydrogen) atoms. The minimum Gasteiger partial charge on any atom is -0.497 e. The van der Waals surface area contributed by atoms with E-state index in [4.69, 9.17) is 14.2 Å². The Morgan fingerprint density at radius 3 is 2.63 bits per heavy atom. The van der Waals surface area contributed by atoms with Crippen LogP contribution in [0.4, 0.5) is 5.13 Å². The van der Waals surface area contributed by atoms with Crippen molar-refractivity contribution < 1.29 is 22.6 Å². The first-order chi connectivity index (χ1) is 16.8. The number of hydrazone groups is 1. The normalized spacial score (nSPS) is 19.1. The molecule has 11 heteroatoms. The molecule has 1 N–H and O–H groups in total. The van der Waals surface area contributed by atoms with Gasteiger partial charge in [-0.05, 0) is 38.1 Å². The standard InChI is InChI=1S/C24H28N4O5S2/c1-16-13-28(14-17(2)33-16)35(29,30)21-7-5-6-18(10-21)22-15-34-24(26-22)27-25-12-19-8-9-20(31-3)11-23(19)32-4/h5-12,15-17H,13-14H2,1-4H3,(H,26,27)/b25-12+/t16-,17-/m1/s1. The molecule has 3 aromatic rings. The second-order valence-corrected chi connectivity index (χ2v) is 10.9. The molecular formula is C24H28N4O5S2. The number of nitrogens with one attached hydrogen (secondary N) is 1. The first kappa shape index (κ1) is 25.1. The van der Waals surface area contributed by atoms with Gasteiger partial charge in [-0.3, -0.25) is 5.43 Å². The average molecular weight is 517 g/mol. The van der Waals surface area contributed by atoms with E-state index in [1.165, 1.54) is 15.6 Å². The fourth-order valence-corrected chi connectivity index (χ4v) is 6.14. The van der Waals surface area contributed by atoms with Crippen molar-refractivity contribution in [2.45, 2.75) is 31.0 Å². The molecule has 0 saturated carbocycles. The maximum atomic E-state index is 13.2. The van der Waals surface area contributed by atoms with Crippen LogP contribution < -0.4 is 14.9 Å². The van der Waals surface area contributed by atoms with Crippen molar-refractivity contribution >= 4 is 32.7 Å². The number of rotatable bonds is 8. The van der Waals surface area contributed by atoms with Crippen LogP contribution in [0.15, 0.2) is 57.8 Å². The molecule has 4 rings (SSSR count). The van der Waals surface area contributed by atoms with Gasteiger partial charge in [0, 0.05) is 35.7 Å². The van der Waals surface area contributed by atoms with E-state index < -0.39 is 10.0 Å². The summed E-state index contributed by atoms with van der Waals surface area (Å²) < 4.78 is 44.2. The number of hydrogen-bond acceptors (Lipinski definition) is 9. The Balaban J connectivity index is 1.48. The van der Waals surface area contributed by atoms with Crippen LogP contribution >= 0.6 is 11.3 Å². The number of aromatic nitrogens is 1. The van der Waals surface area contributed by atoms with Crippen LogP contribution in [0.25, 0.3) is 11.3 Å². The zero-order chi connectivity index (χ0) is 25.0. The van der Waals surface area contributed by atoms with Crippen molar-refractivity contribution in [1.29, 1.82) is 0 Å². The molecule has 1 aliphatic heterocycles. The molecule has 2 aromatic carbocycles. The molecule has 0 unspecified atom stereocenters. The zero-order valence-electron chi connectivity index (χ0n) is 20.0. The number of anilines is 1. The summed E-state index contributed by atoms with van der Waals surface area (Å²) in [6, 6.07) is 12.3. The maximum Gasteiger partial charge on any atom is 0.243 e. The molecule has 1 saturated heterocycles. The van der Waals surface area contributed by atoms with E-state index in [0.29, 0.717) is 41.0 Å². The molecule has 0 radical (unpaired) electrons. The topological polar surface area (TPSA) is 102 Å². The van der Waals surface area contributed by atoms with E-state index in [1.54, 1.807) is 44.7 Å². The third kappa shape index (κ3) is 5.81. The van der Waals surface area contributed by atoms with Gasteiger partial charge in [-0.2, -0.15) is 9.41 Å². The number of sulfonamides is 1. The highest BCUT2D eigenvalue weighted by molar-refractivity contribution is 7.89. The maximum absolute atomic E-state index is 13.2. The van der Waals surface area contributed by atoms with Crippen LogP contribution in [-0.4, -0.2) is 63.4 Å². The Bertz CT molecular complexity index is 1300. The molecule has 0 spiro atoms. The van der Waals surface area contributed by atoms with Gasteiger partial charge in [-0.15, -0.1) is 11.3 Å². The molecule has 1 aliphatic rings. The highest BCUT2D eigenvalue weighted by Gasteiger charge is 2.32. The minimum absolute atomic E-state index is 0.151. The van der Waals surface area contributed by atoms with Crippen LogP contribution in [0.3, 0.4) is 0 Å². The summed E-state index contributed by atoms with van der Waals surface area (Å²) in [5.41, 5.74) is 5.07. The SMILES string of the molecule is COc1ccc(/C=N/Nc2nc(-c3cccc(S(=O)(=O)N4C[C@@H](C)O[C@H](C)C4)c3)cs2)c(OC)c1. The molecule has 2 atom stereocenters. The smallest absolute Gasteiger partial charge is 0.243 e. The van der Waals surface area contributed by atoms with E-state index >= 15 is 0 Å². The van der Waals surface area contributed by atoms with E-state index in [-0.39, 0.29) is 17.1 Å². The monoisotopic (exact) mass is 516 g/mol. The summed E-state index contributed by atoms with van der Waals surface area (Å²) >= 11 is 1.37. The second kappa shape index (κ2) is 10.7. The Morgan fingerprint density at radius 1 is 1.14 bits per heavy atom. The van der Waals surface area contributed by atoms with Crippen LogP contribution in [0.1, 0.15) is 19.4 Å². The van der Waals surface area contributed by atoms with Crippen molar-refractivity contribution in [2.24, 2.45) is 5.10 Å². The van der Waals surface area contributed by atoms with Gasteiger partial charge in [-0.25, -0.2) is 13.4 Å². The number of nitrogens with zero attached hydrogens (tertiary/aromatic N) is 3. The average Bonchev–Trinajstić information content (AvgIpc) is 3.32. The van der Waals surface area contributed by atoms with Crippen LogP contribution in [0.5, 0.6) is 11.5 Å². The number of hydrogen-bond donors (Lipinski definition) is 1. The van der Waals surface area contributed by atoms with Crippen molar-refractivity contribution in [3.8, 4) is 22.8 Å². The molecule has 2 heterocycles. The Hall–Kier alpha value is -2.99. The Kier molecular flexibility index (Phi) is 7.70. The summed E-state index contributed by atoms with van der Waals surface area (Å²) in [7, 11) is -0.459. The second-order valence-electron chi connectivity index (χ2n) is 8.12. The fraction of sp³-hybridized carbons (Fsp3) is 0.333. The van der Waals surface area contributed by atoms with Gasteiger partial charge in [0.25, 0.3) is 0 Å². The molecular weight excluding hydrogens is 488 g/mol. The Morgan fingerprint density at radius 2 is 1.91 bits per heavy atom. The molecule has 1 fully saturated rings. The van der Waals surface area contributed by atoms with Gasteiger partial charge >= 0.3 is 0 Å². The van der Waals surface area contributed by atoms with Crippen LogP contribution in [0, 0.1) is 0 Å². The summed E-state index contributed by atoms with van der Waals surface area (Å²) in [5, 5.41) is 6.69. The first-order valence-corrected chi connectivity index (χ1v) is 13.3. The quantitative estimate of drug-likeness (QED) is 0.356. The third-order valence-corrected chi connectivity index (χ3v) is 8.04. The van der Waals surface area contributed by atoms with Gasteiger partial charge in [0.15, 0.2) is 0 Å². The largest absolute Gasteiger partial charge is 0.497 e. The fourth-order valence-electron chi connectivity index (χ4n) is 3.83. The number of methoxy groups -OCH3 is 2. The highest BCUT2D eigenvalue weighted by atomic mass is 32.2. The molecule has 9 nitrogen and oxygen atoms in total. The number of benzene rings is 2. The van der Waals surface area contributed by atoms with Gasteiger partial charge in [-0.1, -0.05) is 12.1 Å². The third-order valence-electron chi connectivity index (χ3n) is 5.46. The summed E-state index contributed by atoms with van der Waals surface area (Å²) in [4.78, 5) is 4.79. The number of thiazole rings is 1. The molecule has 0 aliphatic carbocycles. The summed E-state index contributed by atoms with van der Waals surface area (Å²) in [6.07, 6.45) is 1.33. The summed E-state index contributed by atoms with van der Waals surface area (Å²) in [5.74, 6) is 1.33. The molecule has 1 aromatic heterocycles. The molecule has 0 bridgehead atoms. The van der Waals surface area contributed by atoms with Gasteiger partial charge in [0.05, 0.1) is 43.2 Å². The lowest BCUT2D eigenvalue weighted by atomic mass is 10.2. The summed E-state index contributed by atoms with van der Waals surface area (Å²) in [6.45, 7) is 4.43. The molecule has 0 amide bonds. The number of morpholine rings is 1. The highest BCUT2D eigenvalue weighted by Crippen LogP contribution is 2.29. The predicted octanol–water partition coefficient (Wildman–Crippen LogP) is 4.07. The predicted molar refractivity (Wildman–Crippen MR) is 137 cm³/mol. The van der Waals surface area contributed by atoms with E-state index in [2.05, 4.69) is 15.5 Å². The lowest BCUT2D eigenvalue weighted by Gasteiger charge is -2.34. The van der Waals surface area contributed by atoms with E-state index in [0.717, 1.165) is 5.56 Å². The van der Waals surface area contributed by atoms with Crippen molar-refractivity contribution in [3.05, 3.63) is 53.4 Å². The van der Waals surface area contributed by atoms with Gasteiger partial charge < -0.3 is 14.2 Å². The Labute approximate surface area is 209 Å². The zero-order valence-corrected chi connectivity index (χ0v) is 21.6. The minimum atomic E-state index is -3.64. The molecule has 186 valence electrons. The number of ether oxygens (including phenoxy) is 3. The lowest BCUT2D eigenvalue weighted by Crippen LogP contribution is -2.48. The van der Waals surface area contributed by atoms with Crippen molar-refractivity contribution in [2.75, 3.05) is 32.7 Å². The van der Waals surface area contributed by atoms with Crippen molar-refractivity contribution in [3.63, 3.8) is 0 Å². The van der Waals surface area contributed by atoms with Crippen molar-refractivity contribution in [1.82, 2.24) is 9.29 Å². The van der Waals surface area contributed by atoms with Gasteiger partial charge in [0.1, 0.15) is 11.5 Å². The van der Waals surface area contributed by atoms with E-state index in [9.17, 15) is 8.42 Å². The van der Waals surface area contributed by atoms with Gasteiger partial charge in [0.2, 0.25) is 15.2 Å². The first-order valence-electron chi connectivity index (χ1n) is 11.0.